The van der Waals surface area contributed by atoms with Gasteiger partial charge in [0.05, 0.1) is 5.69 Å². The molecule has 0 aliphatic carbocycles. The molecule has 0 bridgehead atoms. The van der Waals surface area contributed by atoms with E-state index in [1.165, 1.54) is 0 Å². The number of fused-ring (bicyclic) bond motifs is 1. The van der Waals surface area contributed by atoms with E-state index < -0.39 is 0 Å². The summed E-state index contributed by atoms with van der Waals surface area (Å²) in [7, 11) is 0. The summed E-state index contributed by atoms with van der Waals surface area (Å²) in [5, 5.41) is 0. The van der Waals surface area contributed by atoms with E-state index in [2.05, 4.69) is 25.0 Å². The molecule has 0 spiro atoms. The Kier molecular flexibility index (Phi) is 4.11. The summed E-state index contributed by atoms with van der Waals surface area (Å²) in [6.07, 6.45) is 4.06. The Morgan fingerprint density at radius 2 is 1.86 bits per heavy atom. The lowest BCUT2D eigenvalue weighted by Crippen LogP contribution is -1.99. The molecule has 0 atom stereocenters. The van der Waals surface area contributed by atoms with Gasteiger partial charge in [0.25, 0.3) is 0 Å². The van der Waals surface area contributed by atoms with E-state index in [-0.39, 0.29) is 0 Å². The number of imidazole rings is 1. The van der Waals surface area contributed by atoms with Crippen LogP contribution in [0.4, 0.5) is 0 Å². The zero-order valence-corrected chi connectivity index (χ0v) is 13.0. The van der Waals surface area contributed by atoms with Crippen molar-refractivity contribution in [3.63, 3.8) is 0 Å². The number of ether oxygens (including phenoxy) is 1. The van der Waals surface area contributed by atoms with Gasteiger partial charge < -0.3 is 14.9 Å². The molecule has 0 fully saturated rings. The van der Waals surface area contributed by atoms with Crippen LogP contribution in [0.2, 0.25) is 0 Å². The third kappa shape index (κ3) is 2.97. The van der Waals surface area contributed by atoms with Crippen molar-refractivity contribution in [1.29, 1.82) is 0 Å². The van der Waals surface area contributed by atoms with Crippen LogP contribution in [0.1, 0.15) is 36.6 Å². The van der Waals surface area contributed by atoms with Gasteiger partial charge in [-0.25, -0.2) is 4.98 Å². The van der Waals surface area contributed by atoms with Gasteiger partial charge in [0.1, 0.15) is 6.61 Å². The average molecular weight is 295 g/mol. The lowest BCUT2D eigenvalue weighted by atomic mass is 10.1. The number of nitrogens with two attached hydrogens (primary N) is 1. The molecule has 0 aliphatic rings. The minimum atomic E-state index is 0.400. The highest BCUT2D eigenvalue weighted by Crippen LogP contribution is 2.23. The first kappa shape index (κ1) is 14.6. The van der Waals surface area contributed by atoms with Crippen LogP contribution in [-0.4, -0.2) is 9.38 Å². The first-order valence-electron chi connectivity index (χ1n) is 7.55. The monoisotopic (exact) mass is 295 g/mol. The van der Waals surface area contributed by atoms with Gasteiger partial charge in [-0.15, -0.1) is 0 Å². The van der Waals surface area contributed by atoms with Gasteiger partial charge in [0.15, 0.2) is 11.4 Å². The fraction of sp³-hybridized carbons (Fsp3) is 0.278. The molecule has 2 heterocycles. The maximum Gasteiger partial charge on any atom is 0.179 e. The van der Waals surface area contributed by atoms with Crippen LogP contribution in [0.15, 0.2) is 48.8 Å². The van der Waals surface area contributed by atoms with Gasteiger partial charge in [0, 0.05) is 18.9 Å². The van der Waals surface area contributed by atoms with Gasteiger partial charge in [0.2, 0.25) is 0 Å². The molecule has 3 rings (SSSR count). The number of pyridine rings is 1. The number of hydrogen-bond acceptors (Lipinski definition) is 3. The molecule has 1 aromatic carbocycles. The highest BCUT2D eigenvalue weighted by Gasteiger charge is 2.09. The number of hydrogen-bond donors (Lipinski definition) is 1. The van der Waals surface area contributed by atoms with Crippen molar-refractivity contribution < 1.29 is 4.74 Å². The summed E-state index contributed by atoms with van der Waals surface area (Å²) in [5.74, 6) is 1.20. The highest BCUT2D eigenvalue weighted by atomic mass is 16.5. The highest BCUT2D eigenvalue weighted by molar-refractivity contribution is 5.54. The second-order valence-electron chi connectivity index (χ2n) is 5.73. The fourth-order valence-electron chi connectivity index (χ4n) is 2.33. The number of rotatable bonds is 5. The lowest BCUT2D eigenvalue weighted by Gasteiger charge is -2.08. The molecule has 0 saturated heterocycles. The second-order valence-corrected chi connectivity index (χ2v) is 5.73. The number of benzene rings is 1. The maximum absolute atomic E-state index is 5.96. The third-order valence-electron chi connectivity index (χ3n) is 3.71. The molecular formula is C18H21N3O. The van der Waals surface area contributed by atoms with E-state index in [0.717, 1.165) is 28.2 Å². The van der Waals surface area contributed by atoms with Crippen LogP contribution in [-0.2, 0) is 13.2 Å². The van der Waals surface area contributed by atoms with Crippen LogP contribution in [0, 0.1) is 0 Å². The minimum Gasteiger partial charge on any atom is -0.485 e. The summed E-state index contributed by atoms with van der Waals surface area (Å²) in [4.78, 5) is 4.67. The molecule has 4 heteroatoms. The van der Waals surface area contributed by atoms with Gasteiger partial charge in [-0.3, -0.25) is 0 Å². The van der Waals surface area contributed by atoms with E-state index in [0.29, 0.717) is 19.1 Å². The first-order valence-corrected chi connectivity index (χ1v) is 7.55. The molecule has 22 heavy (non-hydrogen) atoms. The first-order chi connectivity index (χ1) is 10.7. The van der Waals surface area contributed by atoms with E-state index in [1.807, 2.05) is 47.0 Å². The fourth-order valence-corrected chi connectivity index (χ4v) is 2.33. The Morgan fingerprint density at radius 3 is 2.55 bits per heavy atom. The van der Waals surface area contributed by atoms with Gasteiger partial charge in [-0.05, 0) is 29.2 Å². The molecule has 0 unspecified atom stereocenters. The largest absolute Gasteiger partial charge is 0.485 e. The molecule has 0 radical (unpaired) electrons. The van der Waals surface area contributed by atoms with Gasteiger partial charge in [-0.2, -0.15) is 0 Å². The smallest absolute Gasteiger partial charge is 0.179 e. The normalized spacial score (nSPS) is 11.3. The third-order valence-corrected chi connectivity index (χ3v) is 3.71. The molecule has 0 aliphatic heterocycles. The van der Waals surface area contributed by atoms with Crippen LogP contribution >= 0.6 is 0 Å². The van der Waals surface area contributed by atoms with Crippen LogP contribution in [0.5, 0.6) is 5.75 Å². The lowest BCUT2D eigenvalue weighted by molar-refractivity contribution is 0.308. The maximum atomic E-state index is 5.96. The SMILES string of the molecule is CC(C)c1cn2cccc(OCc3ccc(CN)cc3)c2n1. The Morgan fingerprint density at radius 1 is 1.14 bits per heavy atom. The zero-order chi connectivity index (χ0) is 15.5. The Labute approximate surface area is 130 Å². The van der Waals surface area contributed by atoms with Crippen molar-refractivity contribution in [3.8, 4) is 5.75 Å². The van der Waals surface area contributed by atoms with E-state index >= 15 is 0 Å². The summed E-state index contributed by atoms with van der Waals surface area (Å²) in [6, 6.07) is 12.1. The molecule has 2 aromatic heterocycles. The summed E-state index contributed by atoms with van der Waals surface area (Å²) in [6.45, 7) is 5.36. The number of nitrogens with zero attached hydrogens (tertiary/aromatic N) is 2. The average Bonchev–Trinajstić information content (AvgIpc) is 2.98. The molecular weight excluding hydrogens is 274 g/mol. The van der Waals surface area contributed by atoms with Crippen molar-refractivity contribution in [2.24, 2.45) is 5.73 Å². The molecule has 114 valence electrons. The predicted molar refractivity (Wildman–Crippen MR) is 87.9 cm³/mol. The Balaban J connectivity index is 1.80. The van der Waals surface area contributed by atoms with E-state index in [4.69, 9.17) is 10.5 Å². The van der Waals surface area contributed by atoms with Crippen molar-refractivity contribution in [2.75, 3.05) is 0 Å². The quantitative estimate of drug-likeness (QED) is 0.784. The molecule has 0 saturated carbocycles. The number of aromatic nitrogens is 2. The van der Waals surface area contributed by atoms with Crippen molar-refractivity contribution in [1.82, 2.24) is 9.38 Å². The molecule has 0 amide bonds. The summed E-state index contributed by atoms with van der Waals surface area (Å²) < 4.78 is 7.97. The second kappa shape index (κ2) is 6.20. The topological polar surface area (TPSA) is 52.5 Å². The zero-order valence-electron chi connectivity index (χ0n) is 13.0. The minimum absolute atomic E-state index is 0.400. The van der Waals surface area contributed by atoms with Crippen LogP contribution in [0.3, 0.4) is 0 Å². The summed E-state index contributed by atoms with van der Waals surface area (Å²) >= 11 is 0. The molecule has 4 nitrogen and oxygen atoms in total. The Bertz CT molecular complexity index is 760. The van der Waals surface area contributed by atoms with Crippen molar-refractivity contribution in [2.45, 2.75) is 32.9 Å². The van der Waals surface area contributed by atoms with Crippen molar-refractivity contribution >= 4 is 5.65 Å². The molecule has 3 aromatic rings. The van der Waals surface area contributed by atoms with E-state index in [1.54, 1.807) is 0 Å². The standard InChI is InChI=1S/C18H21N3O/c1-13(2)16-11-21-9-3-4-17(18(21)20-16)22-12-15-7-5-14(10-19)6-8-15/h3-9,11,13H,10,12,19H2,1-2H3. The van der Waals surface area contributed by atoms with E-state index in [9.17, 15) is 0 Å². The van der Waals surface area contributed by atoms with Crippen LogP contribution in [0.25, 0.3) is 5.65 Å². The van der Waals surface area contributed by atoms with Gasteiger partial charge in [-0.1, -0.05) is 38.1 Å². The van der Waals surface area contributed by atoms with Crippen molar-refractivity contribution in [3.05, 3.63) is 65.6 Å². The molecule has 2 N–H and O–H groups in total. The van der Waals surface area contributed by atoms with Gasteiger partial charge >= 0.3 is 0 Å². The Hall–Kier alpha value is -2.33. The van der Waals surface area contributed by atoms with Crippen LogP contribution < -0.4 is 10.5 Å². The predicted octanol–water partition coefficient (Wildman–Crippen LogP) is 3.50. The summed E-state index contributed by atoms with van der Waals surface area (Å²) in [5.41, 5.74) is 9.80.